The predicted octanol–water partition coefficient (Wildman–Crippen LogP) is 4.35. The van der Waals surface area contributed by atoms with E-state index in [0.29, 0.717) is 6.04 Å². The van der Waals surface area contributed by atoms with Crippen molar-refractivity contribution in [2.45, 2.75) is 38.6 Å². The molecule has 98 valence electrons. The third-order valence-electron chi connectivity index (χ3n) is 3.54. The van der Waals surface area contributed by atoms with E-state index in [1.807, 2.05) is 0 Å². The van der Waals surface area contributed by atoms with Gasteiger partial charge in [0, 0.05) is 28.3 Å². The van der Waals surface area contributed by atoms with E-state index in [0.717, 1.165) is 16.1 Å². The first-order valence-corrected chi connectivity index (χ1v) is 7.06. The van der Waals surface area contributed by atoms with Crippen molar-refractivity contribution in [1.29, 1.82) is 0 Å². The highest BCUT2D eigenvalue weighted by Crippen LogP contribution is 2.31. The second-order valence-corrected chi connectivity index (χ2v) is 5.88. The van der Waals surface area contributed by atoms with Crippen molar-refractivity contribution in [3.63, 3.8) is 0 Å². The van der Waals surface area contributed by atoms with Crippen LogP contribution in [-0.4, -0.2) is 11.0 Å². The molecule has 0 aliphatic heterocycles. The molecule has 5 heteroatoms. The Morgan fingerprint density at radius 3 is 2.56 bits per heavy atom. The zero-order valence-corrected chi connectivity index (χ0v) is 11.9. The van der Waals surface area contributed by atoms with Gasteiger partial charge in [0.05, 0.1) is 4.92 Å². The number of nitrogens with one attached hydrogen (secondary N) is 1. The smallest absolute Gasteiger partial charge is 0.270 e. The molecular formula is C13H17BrN2O2. The lowest BCUT2D eigenvalue weighted by Crippen LogP contribution is -2.25. The average Bonchev–Trinajstić information content (AvgIpc) is 2.34. The number of nitro benzene ring substituents is 1. The van der Waals surface area contributed by atoms with Crippen LogP contribution in [0.1, 0.15) is 32.6 Å². The summed E-state index contributed by atoms with van der Waals surface area (Å²) in [6.45, 7) is 2.29. The lowest BCUT2D eigenvalue weighted by Gasteiger charge is -2.28. The van der Waals surface area contributed by atoms with E-state index >= 15 is 0 Å². The number of non-ortho nitro benzene ring substituents is 1. The molecule has 0 amide bonds. The van der Waals surface area contributed by atoms with Gasteiger partial charge in [0.25, 0.3) is 5.69 Å². The molecule has 0 bridgehead atoms. The summed E-state index contributed by atoms with van der Waals surface area (Å²) in [5.74, 6) is 0.823. The van der Waals surface area contributed by atoms with Gasteiger partial charge in [-0.25, -0.2) is 0 Å². The minimum Gasteiger partial charge on any atom is -0.381 e. The van der Waals surface area contributed by atoms with E-state index < -0.39 is 0 Å². The van der Waals surface area contributed by atoms with Crippen molar-refractivity contribution in [2.24, 2.45) is 5.92 Å². The third-order valence-corrected chi connectivity index (χ3v) is 4.20. The summed E-state index contributed by atoms with van der Waals surface area (Å²) < 4.78 is 0.760. The summed E-state index contributed by atoms with van der Waals surface area (Å²) in [5, 5.41) is 14.1. The van der Waals surface area contributed by atoms with Gasteiger partial charge < -0.3 is 5.32 Å². The van der Waals surface area contributed by atoms with Crippen LogP contribution in [0.2, 0.25) is 0 Å². The summed E-state index contributed by atoms with van der Waals surface area (Å²) >= 11 is 3.39. The quantitative estimate of drug-likeness (QED) is 0.667. The SMILES string of the molecule is CC1CCC(Nc2ccc([N+](=O)[O-])cc2Br)CC1. The zero-order chi connectivity index (χ0) is 13.1. The van der Waals surface area contributed by atoms with Gasteiger partial charge in [0.15, 0.2) is 0 Å². The standard InChI is InChI=1S/C13H17BrN2O2/c1-9-2-4-10(5-3-9)15-13-7-6-11(16(17)18)8-12(13)14/h6-10,15H,2-5H2,1H3. The zero-order valence-electron chi connectivity index (χ0n) is 10.4. The number of anilines is 1. The van der Waals surface area contributed by atoms with Gasteiger partial charge in [0.1, 0.15) is 0 Å². The molecule has 1 N–H and O–H groups in total. The van der Waals surface area contributed by atoms with E-state index in [9.17, 15) is 10.1 Å². The largest absolute Gasteiger partial charge is 0.381 e. The topological polar surface area (TPSA) is 55.2 Å². The highest BCUT2D eigenvalue weighted by molar-refractivity contribution is 9.10. The van der Waals surface area contributed by atoms with E-state index in [1.165, 1.54) is 25.7 Å². The van der Waals surface area contributed by atoms with Gasteiger partial charge in [0.2, 0.25) is 0 Å². The molecule has 2 rings (SSSR count). The number of nitrogens with zero attached hydrogens (tertiary/aromatic N) is 1. The Morgan fingerprint density at radius 1 is 1.33 bits per heavy atom. The van der Waals surface area contributed by atoms with Gasteiger partial charge in [-0.3, -0.25) is 10.1 Å². The number of halogens is 1. The molecule has 1 saturated carbocycles. The Kier molecular flexibility index (Phi) is 4.22. The van der Waals surface area contributed by atoms with E-state index in [1.54, 1.807) is 18.2 Å². The van der Waals surface area contributed by atoms with Crippen molar-refractivity contribution in [2.75, 3.05) is 5.32 Å². The van der Waals surface area contributed by atoms with Gasteiger partial charge in [-0.2, -0.15) is 0 Å². The molecule has 1 aliphatic carbocycles. The fourth-order valence-electron chi connectivity index (χ4n) is 2.36. The van der Waals surface area contributed by atoms with Crippen LogP contribution in [-0.2, 0) is 0 Å². The maximum atomic E-state index is 10.7. The molecule has 0 radical (unpaired) electrons. The number of benzene rings is 1. The van der Waals surface area contributed by atoms with Crippen molar-refractivity contribution in [3.8, 4) is 0 Å². The van der Waals surface area contributed by atoms with Gasteiger partial charge in [-0.05, 0) is 53.6 Å². The molecule has 1 aliphatic rings. The van der Waals surface area contributed by atoms with Crippen molar-refractivity contribution in [3.05, 3.63) is 32.8 Å². The third kappa shape index (κ3) is 3.22. The van der Waals surface area contributed by atoms with E-state index in [-0.39, 0.29) is 10.6 Å². The fraction of sp³-hybridized carbons (Fsp3) is 0.538. The molecular weight excluding hydrogens is 296 g/mol. The number of nitro groups is 1. The lowest BCUT2D eigenvalue weighted by molar-refractivity contribution is -0.384. The average molecular weight is 313 g/mol. The summed E-state index contributed by atoms with van der Waals surface area (Å²) in [7, 11) is 0. The fourth-order valence-corrected chi connectivity index (χ4v) is 2.84. The first-order chi connectivity index (χ1) is 8.56. The Morgan fingerprint density at radius 2 is 2.00 bits per heavy atom. The van der Waals surface area contributed by atoms with Crippen molar-refractivity contribution in [1.82, 2.24) is 0 Å². The van der Waals surface area contributed by atoms with Crippen molar-refractivity contribution < 1.29 is 4.92 Å². The number of rotatable bonds is 3. The van der Waals surface area contributed by atoms with Crippen LogP contribution < -0.4 is 5.32 Å². The highest BCUT2D eigenvalue weighted by Gasteiger charge is 2.19. The Bertz CT molecular complexity index is 443. The molecule has 0 unspecified atom stereocenters. The van der Waals surface area contributed by atoms with E-state index in [2.05, 4.69) is 28.2 Å². The monoisotopic (exact) mass is 312 g/mol. The van der Waals surface area contributed by atoms with Crippen LogP contribution in [0, 0.1) is 16.0 Å². The number of hydrogen-bond acceptors (Lipinski definition) is 3. The summed E-state index contributed by atoms with van der Waals surface area (Å²) in [5.41, 5.74) is 1.06. The molecule has 18 heavy (non-hydrogen) atoms. The molecule has 1 aromatic rings. The molecule has 1 fully saturated rings. The first kappa shape index (κ1) is 13.3. The molecule has 0 spiro atoms. The van der Waals surface area contributed by atoms with Crippen LogP contribution in [0.25, 0.3) is 0 Å². The van der Waals surface area contributed by atoms with Crippen LogP contribution in [0.5, 0.6) is 0 Å². The van der Waals surface area contributed by atoms with Crippen LogP contribution in [0.15, 0.2) is 22.7 Å². The lowest BCUT2D eigenvalue weighted by atomic mass is 9.87. The summed E-state index contributed by atoms with van der Waals surface area (Å²) in [6, 6.07) is 5.35. The summed E-state index contributed by atoms with van der Waals surface area (Å²) in [6.07, 6.45) is 4.85. The highest BCUT2D eigenvalue weighted by atomic mass is 79.9. The van der Waals surface area contributed by atoms with Gasteiger partial charge in [-0.15, -0.1) is 0 Å². The predicted molar refractivity (Wildman–Crippen MR) is 75.8 cm³/mol. The van der Waals surface area contributed by atoms with Gasteiger partial charge >= 0.3 is 0 Å². The Labute approximate surface area is 115 Å². The minimum absolute atomic E-state index is 0.115. The van der Waals surface area contributed by atoms with Crippen molar-refractivity contribution >= 4 is 27.3 Å². The molecule has 0 heterocycles. The number of hydrogen-bond donors (Lipinski definition) is 1. The van der Waals surface area contributed by atoms with E-state index in [4.69, 9.17) is 0 Å². The van der Waals surface area contributed by atoms with Crippen LogP contribution in [0.3, 0.4) is 0 Å². The normalized spacial score (nSPS) is 23.7. The van der Waals surface area contributed by atoms with Gasteiger partial charge in [-0.1, -0.05) is 6.92 Å². The molecule has 1 aromatic carbocycles. The molecule has 0 atom stereocenters. The second-order valence-electron chi connectivity index (χ2n) is 5.02. The first-order valence-electron chi connectivity index (χ1n) is 6.26. The minimum atomic E-state index is -0.378. The van der Waals surface area contributed by atoms with Crippen LogP contribution in [0.4, 0.5) is 11.4 Å². The molecule has 4 nitrogen and oxygen atoms in total. The maximum absolute atomic E-state index is 10.7. The summed E-state index contributed by atoms with van der Waals surface area (Å²) in [4.78, 5) is 10.3. The Hall–Kier alpha value is -1.10. The van der Waals surface area contributed by atoms with Crippen LogP contribution >= 0.6 is 15.9 Å². The maximum Gasteiger partial charge on any atom is 0.270 e. The Balaban J connectivity index is 2.03. The molecule has 0 saturated heterocycles. The molecule has 0 aromatic heterocycles. The second kappa shape index (κ2) is 5.69.